The third kappa shape index (κ3) is 45.5. The first-order valence-electron chi connectivity index (χ1n) is 39.9. The van der Waals surface area contributed by atoms with E-state index in [1.54, 1.807) is 79.7 Å². The van der Waals surface area contributed by atoms with Crippen molar-refractivity contribution in [2.24, 2.45) is 5.92 Å². The van der Waals surface area contributed by atoms with Crippen LogP contribution in [-0.4, -0.2) is 167 Å². The van der Waals surface area contributed by atoms with Crippen LogP contribution >= 0.6 is 24.2 Å². The molecule has 0 aromatic heterocycles. The molecule has 7 N–H and O–H groups in total. The van der Waals surface area contributed by atoms with Crippen LogP contribution in [-0.2, 0) is 23.5 Å². The second-order valence-corrected chi connectivity index (χ2v) is 28.6. The van der Waals surface area contributed by atoms with Gasteiger partial charge in [-0.15, -0.1) is 0 Å². The SMILES string of the molecule is C.C1CCOC1.C1CCOC1.CC(=O)O.CCOc1ccc(C2CCC(COc3ccc(-c4ccc(C)cc4)c(F)c3F)CC2)c(F)c1F.Cc1ccc(-c2ccc(B(O)O)c(F)c2F)cc1.Cc1ccc(-c2ccc(O)c(F)c2F)cc1.Cc1ccc(-c2cccc(F)c2F)cc1.Cc1ccc(Br)cc1.O=[P+]([O-])O[O-].OO.O[B]Oc1cccc(F)c1F.[2H]CF.[K+].[K][K]. The van der Waals surface area contributed by atoms with Crippen LogP contribution in [0, 0.1) is 110 Å². The number of phenolic OH excluding ortho intramolecular Hbond substituents is 1. The number of benzene rings is 11. The van der Waals surface area contributed by atoms with Crippen molar-refractivity contribution in [2.75, 3.05) is 46.8 Å². The van der Waals surface area contributed by atoms with Crippen molar-refractivity contribution in [1.29, 1.82) is 0 Å². The summed E-state index contributed by atoms with van der Waals surface area (Å²) in [4.78, 5) is 17.9. The summed E-state index contributed by atoms with van der Waals surface area (Å²) in [5.41, 5.74) is 8.53. The first kappa shape index (κ1) is 121. The predicted molar refractivity (Wildman–Crippen MR) is 472 cm³/mol. The van der Waals surface area contributed by atoms with Crippen LogP contribution in [0.4, 0.5) is 57.1 Å². The fraction of sp³-hybridized carbons (Fsp3) is 0.272. The van der Waals surface area contributed by atoms with Crippen LogP contribution < -0.4 is 81.1 Å². The van der Waals surface area contributed by atoms with Gasteiger partial charge in [-0.1, -0.05) is 197 Å². The van der Waals surface area contributed by atoms with E-state index < -0.39 is 110 Å². The van der Waals surface area contributed by atoms with Crippen LogP contribution in [0.25, 0.3) is 44.5 Å². The molecule has 681 valence electrons. The molecule has 1 aliphatic carbocycles. The Morgan fingerprint density at radius 2 is 0.853 bits per heavy atom. The summed E-state index contributed by atoms with van der Waals surface area (Å²) in [5, 5.41) is 62.8. The number of halogens is 14. The average Bonchev–Trinajstić information content (AvgIpc) is 0.847. The molecule has 2 heterocycles. The zero-order valence-electron chi connectivity index (χ0n) is 73.0. The number of phenols is 1. The van der Waals surface area contributed by atoms with Gasteiger partial charge in [0.15, 0.2) is 69.6 Å². The molecule has 1 unspecified atom stereocenters. The first-order chi connectivity index (χ1) is 61.1. The number of aromatic hydroxyl groups is 1. The van der Waals surface area contributed by atoms with Crippen molar-refractivity contribution in [3.63, 3.8) is 0 Å². The number of carbonyl (C=O) groups is 1. The quantitative estimate of drug-likeness (QED) is 0.0175. The Labute approximate surface area is 843 Å². The Kier molecular flexibility index (Phi) is 66.0. The number of hydrogen-bond donors (Lipinski definition) is 7. The van der Waals surface area contributed by atoms with Crippen molar-refractivity contribution in [3.8, 4) is 67.5 Å². The van der Waals surface area contributed by atoms with Crippen LogP contribution in [0.15, 0.2) is 211 Å². The molecular formula is C92H99B2BrF13K3O17P. The number of rotatable bonds is 14. The summed E-state index contributed by atoms with van der Waals surface area (Å²) in [7, 11) is -5.89. The van der Waals surface area contributed by atoms with Crippen molar-refractivity contribution >= 4 is 114 Å². The summed E-state index contributed by atoms with van der Waals surface area (Å²) < 4.78 is 216. The van der Waals surface area contributed by atoms with Gasteiger partial charge in [0.2, 0.25) is 17.5 Å². The van der Waals surface area contributed by atoms with E-state index in [0.717, 1.165) is 97.2 Å². The number of aryl methyl sites for hydroxylation is 5. The maximum absolute atomic E-state index is 14.7. The average molecular weight is 1970 g/mol. The van der Waals surface area contributed by atoms with Gasteiger partial charge in [0.05, 0.1) is 21.7 Å². The number of carboxylic acid groups (broad SMARTS) is 1. The van der Waals surface area contributed by atoms with Crippen LogP contribution in [0.1, 0.15) is 113 Å². The number of ether oxygens (including phenoxy) is 4. The molecule has 11 aromatic rings. The molecule has 37 heteroatoms. The molecule has 2 saturated heterocycles. The molecular weight excluding hydrogens is 1870 g/mol. The van der Waals surface area contributed by atoms with E-state index in [2.05, 4.69) is 44.3 Å². The molecule has 14 rings (SSSR count). The minimum atomic E-state index is -3.15. The van der Waals surface area contributed by atoms with Gasteiger partial charge in [0, 0.05) is 65.5 Å². The summed E-state index contributed by atoms with van der Waals surface area (Å²) >= 11 is 5.85. The molecule has 129 heavy (non-hydrogen) atoms. The van der Waals surface area contributed by atoms with E-state index in [4.69, 9.17) is 75.6 Å². The number of alkyl halides is 1. The third-order valence-corrected chi connectivity index (χ3v) is 18.5. The molecule has 0 spiro atoms. The van der Waals surface area contributed by atoms with E-state index in [0.29, 0.717) is 46.2 Å². The van der Waals surface area contributed by atoms with Gasteiger partial charge >= 0.3 is 138 Å². The molecule has 2 aliphatic heterocycles. The predicted octanol–water partition coefficient (Wildman–Crippen LogP) is 18.3. The standard InChI is InChI=1S/C28H28F4O2.C13H11BF2O2.C13H10F2O.C13H10F2.C7H7Br.C6H4BF2O2.2C4H8O.C2H4O2.CH3F.CH4.3K.HO4P.H2O2/c1-3-33-23-14-12-22(25(29)27(23)31)20-10-6-18(7-11-20)16-34-24-15-13-21(26(30)28(24)32)19-8-4-17(2)5-9-19;1-8-2-4-9(5-3-8)10-6-7-11(14(17)18)13(16)12(10)15;1-8-2-4-9(5-3-8)10-6-7-11(16)13(15)12(10)14;1-9-5-7-10(8-6-9)11-3-2-4-12(14)13(11)15;1-6-2-4-7(8)5-3-6;8-4-2-1-3-5(6(4)9)11-7-10;2*1-2-4-5-3-1;1-2(3)4;1-2;;;;;1-4-5(2)3;1-2/h4-5,8-9,12-15,18,20H,3,6-7,10-11,16H2,1-2H3;2-7,17-18H,1H3;2-7,16H,1H3;2-8H,1H3;2-5H,1H3;1-3,10H;2*1-4H2;1H3,(H,3,4);1H3;1H4;;;;1H;1-2H/q;;;;;;;;;;;;;+1;;/p-1/i;;;;;;;;;1D;;;;;;. The fourth-order valence-corrected chi connectivity index (χ4v) is 11.7. The molecule has 17 nitrogen and oxygen atoms in total. The topological polar surface area (TPSA) is 277 Å². The van der Waals surface area contributed by atoms with Crippen LogP contribution in [0.5, 0.6) is 23.0 Å². The van der Waals surface area contributed by atoms with E-state index in [1.165, 1.54) is 143 Å². The Balaban J connectivity index is 0.00000151. The van der Waals surface area contributed by atoms with Gasteiger partial charge in [0.1, 0.15) is 5.75 Å². The first-order valence-corrected chi connectivity index (χ1v) is 57.1. The van der Waals surface area contributed by atoms with Gasteiger partial charge < -0.3 is 59.0 Å². The number of aliphatic carboxylic acids is 1. The van der Waals surface area contributed by atoms with E-state index in [-0.39, 0.29) is 125 Å². The Bertz CT molecular complexity index is 5010. The van der Waals surface area contributed by atoms with Gasteiger partial charge in [-0.2, -0.15) is 17.6 Å². The minimum absolute atomic E-state index is 0. The maximum atomic E-state index is 14.7. The summed E-state index contributed by atoms with van der Waals surface area (Å²) in [6, 6.07) is 55.4. The molecule has 3 aliphatic rings. The second-order valence-electron chi connectivity index (χ2n) is 27.0. The van der Waals surface area contributed by atoms with Gasteiger partial charge in [-0.3, -0.25) is 19.7 Å². The van der Waals surface area contributed by atoms with Crippen LogP contribution in [0.2, 0.25) is 0 Å². The fourth-order valence-electron chi connectivity index (χ4n) is 11.4. The third-order valence-electron chi connectivity index (χ3n) is 17.9. The molecule has 11 aromatic carbocycles. The van der Waals surface area contributed by atoms with E-state index in [9.17, 15) is 57.1 Å². The summed E-state index contributed by atoms with van der Waals surface area (Å²) in [6.45, 7) is 17.1. The molecule has 3 fully saturated rings. The van der Waals surface area contributed by atoms with E-state index >= 15 is 0 Å². The zero-order valence-corrected chi connectivity index (χ0v) is 83.8. The Morgan fingerprint density at radius 3 is 1.22 bits per heavy atom. The van der Waals surface area contributed by atoms with Crippen molar-refractivity contribution < 1.29 is 193 Å². The molecule has 0 amide bonds. The van der Waals surface area contributed by atoms with Gasteiger partial charge in [-0.25, -0.2) is 39.8 Å². The molecule has 0 bridgehead atoms. The summed E-state index contributed by atoms with van der Waals surface area (Å²) in [5.74, 6) is -14.0. The number of hydrogen-bond acceptors (Lipinski definition) is 16. The van der Waals surface area contributed by atoms with Crippen molar-refractivity contribution in [2.45, 2.75) is 113 Å². The van der Waals surface area contributed by atoms with Gasteiger partial charge in [-0.05, 0) is 198 Å². The molecule has 1 atom stereocenters. The van der Waals surface area contributed by atoms with E-state index in [1.807, 2.05) is 76.2 Å². The summed E-state index contributed by atoms with van der Waals surface area (Å²) in [6.07, 6.45) is 7.90. The monoisotopic (exact) mass is 1970 g/mol. The van der Waals surface area contributed by atoms with Crippen LogP contribution in [0.3, 0.4) is 0 Å². The normalized spacial score (nSPS) is 12.8. The van der Waals surface area contributed by atoms with Gasteiger partial charge in [0.25, 0.3) is 5.97 Å². The Hall–Kier alpha value is -5.60. The van der Waals surface area contributed by atoms with Crippen molar-refractivity contribution in [1.82, 2.24) is 0 Å². The second kappa shape index (κ2) is 70.1. The zero-order chi connectivity index (χ0) is 96.0. The number of carboxylic acids is 1. The van der Waals surface area contributed by atoms with Crippen molar-refractivity contribution in [3.05, 3.63) is 314 Å². The molecule has 1 radical (unpaired) electrons. The molecule has 1 saturated carbocycles. The Morgan fingerprint density at radius 1 is 0.512 bits per heavy atom.